The van der Waals surface area contributed by atoms with E-state index < -0.39 is 132 Å². The highest BCUT2D eigenvalue weighted by Crippen LogP contribution is 2.55. The number of aliphatic hydroxyl groups is 7. The molecule has 1 aliphatic carbocycles. The topological polar surface area (TPSA) is 231 Å². The molecule has 0 aromatic rings. The number of aliphatic hydroxyl groups excluding tert-OH is 6. The van der Waals surface area contributed by atoms with Gasteiger partial charge in [-0.1, -0.05) is 55.4 Å². The van der Waals surface area contributed by atoms with Crippen molar-refractivity contribution in [2.24, 2.45) is 47.3 Å². The SMILES string of the molecule is CC[C@@H](C(=O)O[C@H]1C[C@H](CO)[C@H](O)[C@H](O)[C@@H]1O)[C@H]1CC[C@H](C)[C@H]([C@@H](C)[C@H](O)[C@H](C)C(=O)[C@H](CC)[C@@]2(C)O[C@@]3(C=C[C@@H](O)[C@@]4(CCC([C@@]5(C)CC[C@](O)(CC)[C@H](C)O5)O4)O3)[C@H](C)C[C@@H]2C)O1. The van der Waals surface area contributed by atoms with Crippen molar-refractivity contribution in [2.45, 2.75) is 236 Å². The Morgan fingerprint density at radius 2 is 1.54 bits per heavy atom. The molecule has 6 aliphatic rings. The van der Waals surface area contributed by atoms with Crippen LogP contribution >= 0.6 is 0 Å². The molecule has 65 heavy (non-hydrogen) atoms. The van der Waals surface area contributed by atoms with Gasteiger partial charge in [-0.25, -0.2) is 0 Å². The number of rotatable bonds is 14. The Bertz CT molecular complexity index is 1680. The molecule has 0 bridgehead atoms. The van der Waals surface area contributed by atoms with Crippen molar-refractivity contribution in [3.8, 4) is 0 Å². The van der Waals surface area contributed by atoms with Gasteiger partial charge in [0.15, 0.2) is 5.79 Å². The second-order valence-electron chi connectivity index (χ2n) is 21.8. The van der Waals surface area contributed by atoms with Crippen LogP contribution < -0.4 is 0 Å². The van der Waals surface area contributed by atoms with Crippen molar-refractivity contribution in [3.63, 3.8) is 0 Å². The van der Waals surface area contributed by atoms with E-state index in [2.05, 4.69) is 13.8 Å². The lowest BCUT2D eigenvalue weighted by molar-refractivity contribution is -0.418. The first-order valence-electron chi connectivity index (χ1n) is 25.0. The van der Waals surface area contributed by atoms with Crippen LogP contribution in [0.4, 0.5) is 0 Å². The Labute approximate surface area is 386 Å². The number of esters is 1. The van der Waals surface area contributed by atoms with Crippen LogP contribution in [0.2, 0.25) is 0 Å². The van der Waals surface area contributed by atoms with E-state index in [1.54, 1.807) is 19.1 Å². The summed E-state index contributed by atoms with van der Waals surface area (Å²) in [6, 6.07) is 0. The highest BCUT2D eigenvalue weighted by atomic mass is 16.8. The summed E-state index contributed by atoms with van der Waals surface area (Å²) in [5.41, 5.74) is -2.65. The molecule has 6 rings (SSSR count). The molecule has 5 heterocycles. The van der Waals surface area contributed by atoms with Gasteiger partial charge in [0.1, 0.15) is 30.2 Å². The lowest BCUT2D eigenvalue weighted by Gasteiger charge is -2.58. The summed E-state index contributed by atoms with van der Waals surface area (Å²) in [5, 5.41) is 75.7. The molecule has 2 spiro atoms. The first kappa shape index (κ1) is 52.8. The van der Waals surface area contributed by atoms with Crippen LogP contribution in [-0.4, -0.2) is 144 Å². The first-order valence-corrected chi connectivity index (χ1v) is 25.0. The molecule has 5 aliphatic heterocycles. The maximum atomic E-state index is 14.9. The largest absolute Gasteiger partial charge is 0.459 e. The van der Waals surface area contributed by atoms with Crippen LogP contribution in [0.25, 0.3) is 0 Å². The van der Waals surface area contributed by atoms with E-state index in [0.717, 1.165) is 0 Å². The molecule has 23 atom stereocenters. The molecule has 0 radical (unpaired) electrons. The fourth-order valence-electron chi connectivity index (χ4n) is 12.7. The molecule has 7 N–H and O–H groups in total. The van der Waals surface area contributed by atoms with E-state index in [0.29, 0.717) is 64.2 Å². The van der Waals surface area contributed by atoms with E-state index in [4.69, 9.17) is 28.4 Å². The second kappa shape index (κ2) is 20.0. The van der Waals surface area contributed by atoms with Gasteiger partial charge in [0, 0.05) is 42.6 Å². The quantitative estimate of drug-likeness (QED) is 0.0940. The monoisotopic (exact) mass is 925 g/mol. The third kappa shape index (κ3) is 9.67. The summed E-state index contributed by atoms with van der Waals surface area (Å²) < 4.78 is 39.9. The van der Waals surface area contributed by atoms with Gasteiger partial charge < -0.3 is 64.2 Å². The van der Waals surface area contributed by atoms with Crippen molar-refractivity contribution in [1.82, 2.24) is 0 Å². The van der Waals surface area contributed by atoms with E-state index >= 15 is 0 Å². The zero-order chi connectivity index (χ0) is 48.2. The average Bonchev–Trinajstić information content (AvgIpc) is 3.71. The number of Topliss-reactive ketones (excluding diaryl/α,β-unsaturated/α-hetero) is 1. The molecule has 1 saturated carbocycles. The zero-order valence-electron chi connectivity index (χ0n) is 40.9. The fraction of sp³-hybridized carbons (Fsp3) is 0.920. The summed E-state index contributed by atoms with van der Waals surface area (Å²) in [6.07, 6.45) is -0.715. The minimum atomic E-state index is -1.58. The maximum absolute atomic E-state index is 14.9. The summed E-state index contributed by atoms with van der Waals surface area (Å²) in [5.74, 6) is -7.17. The Morgan fingerprint density at radius 1 is 0.846 bits per heavy atom. The summed E-state index contributed by atoms with van der Waals surface area (Å²) in [6.45, 7) is 21.0. The molecule has 5 fully saturated rings. The van der Waals surface area contributed by atoms with Gasteiger partial charge in [-0.2, -0.15) is 0 Å². The number of ketones is 1. The molecule has 4 saturated heterocycles. The molecule has 0 aromatic heterocycles. The molecule has 1 unspecified atom stereocenters. The van der Waals surface area contributed by atoms with Crippen LogP contribution in [0.1, 0.15) is 147 Å². The predicted molar refractivity (Wildman–Crippen MR) is 239 cm³/mol. The van der Waals surface area contributed by atoms with Crippen LogP contribution in [0.5, 0.6) is 0 Å². The first-order chi connectivity index (χ1) is 30.4. The Kier molecular flexibility index (Phi) is 16.3. The third-order valence-corrected chi connectivity index (χ3v) is 17.7. The van der Waals surface area contributed by atoms with Gasteiger partial charge >= 0.3 is 5.97 Å². The van der Waals surface area contributed by atoms with Crippen LogP contribution in [0.15, 0.2) is 12.2 Å². The Hall–Kier alpha value is -1.60. The maximum Gasteiger partial charge on any atom is 0.311 e. The summed E-state index contributed by atoms with van der Waals surface area (Å²) >= 11 is 0. The van der Waals surface area contributed by atoms with Gasteiger partial charge in [-0.15, -0.1) is 0 Å². The molecule has 374 valence electrons. The molecule has 0 aromatic carbocycles. The van der Waals surface area contributed by atoms with Crippen LogP contribution in [0, 0.1) is 47.3 Å². The van der Waals surface area contributed by atoms with E-state index in [-0.39, 0.29) is 30.0 Å². The van der Waals surface area contributed by atoms with Gasteiger partial charge in [0.2, 0.25) is 5.79 Å². The number of carbonyl (C=O) groups is 2. The highest BCUT2D eigenvalue weighted by Gasteiger charge is 2.64. The smallest absolute Gasteiger partial charge is 0.311 e. The summed E-state index contributed by atoms with van der Waals surface area (Å²) in [4.78, 5) is 28.5. The zero-order valence-corrected chi connectivity index (χ0v) is 40.9. The van der Waals surface area contributed by atoms with Gasteiger partial charge in [0.05, 0.1) is 59.3 Å². The van der Waals surface area contributed by atoms with Crippen LogP contribution in [0.3, 0.4) is 0 Å². The standard InChI is InChI=1S/C50H84O15/c1-12-33(45(58)61-36-24-32(25-51)41(55)43(57)42(36)56)35-16-15-26(4)44(60-35)30(8)39(53)29(7)40(54)34(13-2)47(11)27(5)23-28(6)49(64-47)19-17-37(52)50(65-49)20-18-38(63-50)46(10)21-22-48(59,14-3)31(9)62-46/h17,19,26-39,41-44,51-53,55-57,59H,12-16,18,20-25H2,1-11H3/t26-,27-,28+,29-,30-,31-,32+,33+,34-,35+,36-,37+,38?,39+,41-,42+,43-,44+,46+,47-,48+,49+,50+/m0/s1. The minimum Gasteiger partial charge on any atom is -0.459 e. The minimum absolute atomic E-state index is 0.00179. The lowest BCUT2D eigenvalue weighted by Crippen LogP contribution is -2.66. The molecule has 15 heteroatoms. The number of carbonyl (C=O) groups excluding carboxylic acids is 2. The number of hydrogen-bond acceptors (Lipinski definition) is 15. The van der Waals surface area contributed by atoms with Crippen molar-refractivity contribution >= 4 is 11.8 Å². The van der Waals surface area contributed by atoms with E-state index in [1.165, 1.54) is 0 Å². The molecule has 15 nitrogen and oxygen atoms in total. The van der Waals surface area contributed by atoms with E-state index in [1.807, 2.05) is 55.4 Å². The van der Waals surface area contributed by atoms with Crippen molar-refractivity contribution < 1.29 is 73.8 Å². The van der Waals surface area contributed by atoms with Gasteiger partial charge in [-0.3, -0.25) is 9.59 Å². The van der Waals surface area contributed by atoms with Gasteiger partial charge in [-0.05, 0) is 109 Å². The van der Waals surface area contributed by atoms with E-state index in [9.17, 15) is 45.3 Å². The Morgan fingerprint density at radius 3 is 2.15 bits per heavy atom. The molecular formula is C50H84O15. The molecule has 0 amide bonds. The average molecular weight is 925 g/mol. The lowest BCUT2D eigenvalue weighted by atomic mass is 9.66. The fourth-order valence-corrected chi connectivity index (χ4v) is 12.7. The highest BCUT2D eigenvalue weighted by molar-refractivity contribution is 5.85. The number of hydrogen-bond donors (Lipinski definition) is 7. The van der Waals surface area contributed by atoms with Crippen molar-refractivity contribution in [3.05, 3.63) is 12.2 Å². The summed E-state index contributed by atoms with van der Waals surface area (Å²) in [7, 11) is 0. The molecular weight excluding hydrogens is 841 g/mol. The van der Waals surface area contributed by atoms with Crippen LogP contribution in [-0.2, 0) is 38.0 Å². The normalized spacial score (nSPS) is 48.1. The third-order valence-electron chi connectivity index (χ3n) is 17.7. The second-order valence-corrected chi connectivity index (χ2v) is 21.8. The van der Waals surface area contributed by atoms with Gasteiger partial charge in [0.25, 0.3) is 0 Å². The van der Waals surface area contributed by atoms with Crippen molar-refractivity contribution in [2.75, 3.05) is 6.61 Å². The Balaban J connectivity index is 1.14. The predicted octanol–water partition coefficient (Wildman–Crippen LogP) is 4.50. The number of ether oxygens (including phenoxy) is 6. The van der Waals surface area contributed by atoms with Crippen molar-refractivity contribution in [1.29, 1.82) is 0 Å².